The van der Waals surface area contributed by atoms with E-state index < -0.39 is 5.60 Å². The molecule has 0 radical (unpaired) electrons. The Morgan fingerprint density at radius 2 is 1.73 bits per heavy atom. The Labute approximate surface area is 161 Å². The molecule has 2 aliphatic rings. The Morgan fingerprint density at radius 3 is 2.46 bits per heavy atom. The van der Waals surface area contributed by atoms with E-state index in [9.17, 15) is 5.11 Å². The van der Waals surface area contributed by atoms with Crippen molar-refractivity contribution in [2.24, 2.45) is 17.3 Å². The highest BCUT2D eigenvalue weighted by Gasteiger charge is 2.61. The van der Waals surface area contributed by atoms with Crippen LogP contribution in [0.15, 0.2) is 54.6 Å². The van der Waals surface area contributed by atoms with E-state index in [-0.39, 0.29) is 5.41 Å². The highest BCUT2D eigenvalue weighted by Crippen LogP contribution is 2.62. The Bertz CT molecular complexity index is 758. The third kappa shape index (κ3) is 3.16. The minimum absolute atomic E-state index is 0.0428. The summed E-state index contributed by atoms with van der Waals surface area (Å²) in [5, 5.41) is 11.4. The Balaban J connectivity index is 1.37. The monoisotopic (exact) mass is 368 g/mol. The molecular weight excluding hydrogens is 340 g/mol. The highest BCUT2D eigenvalue weighted by molar-refractivity contribution is 7.98. The number of ether oxygens (including phenoxy) is 1. The lowest BCUT2D eigenvalue weighted by molar-refractivity contribution is -0.0862. The van der Waals surface area contributed by atoms with E-state index in [0.717, 1.165) is 23.0 Å². The minimum atomic E-state index is -0.515. The van der Waals surface area contributed by atoms with Crippen molar-refractivity contribution in [3.05, 3.63) is 60.2 Å². The van der Waals surface area contributed by atoms with E-state index in [1.807, 2.05) is 54.2 Å². The van der Waals surface area contributed by atoms with Crippen molar-refractivity contribution in [2.75, 3.05) is 5.75 Å². The summed E-state index contributed by atoms with van der Waals surface area (Å²) in [6.07, 6.45) is 3.71. The van der Waals surface area contributed by atoms with Gasteiger partial charge in [-0.3, -0.25) is 0 Å². The number of benzene rings is 2. The van der Waals surface area contributed by atoms with E-state index >= 15 is 0 Å². The molecule has 2 aromatic carbocycles. The smallest absolute Gasteiger partial charge is 0.127 e. The zero-order valence-electron chi connectivity index (χ0n) is 15.7. The lowest BCUT2D eigenvalue weighted by Crippen LogP contribution is -2.51. The van der Waals surface area contributed by atoms with Crippen LogP contribution >= 0.6 is 11.8 Å². The van der Waals surface area contributed by atoms with Crippen LogP contribution < -0.4 is 4.74 Å². The first-order chi connectivity index (χ1) is 12.5. The summed E-state index contributed by atoms with van der Waals surface area (Å²) in [5.41, 5.74) is 0.771. The fraction of sp³-hybridized carbons (Fsp3) is 0.478. The topological polar surface area (TPSA) is 29.5 Å². The molecule has 0 spiro atoms. The van der Waals surface area contributed by atoms with Gasteiger partial charge in [0.25, 0.3) is 0 Å². The van der Waals surface area contributed by atoms with Gasteiger partial charge in [-0.15, -0.1) is 0 Å². The molecular formula is C23H28O2S. The molecule has 3 atom stereocenters. The van der Waals surface area contributed by atoms with Gasteiger partial charge in [-0.1, -0.05) is 44.2 Å². The molecule has 1 N–H and O–H groups in total. The Hall–Kier alpha value is -1.45. The van der Waals surface area contributed by atoms with Gasteiger partial charge in [-0.25, -0.2) is 0 Å². The summed E-state index contributed by atoms with van der Waals surface area (Å²) >= 11 is 1.85. The molecule has 0 amide bonds. The molecule has 0 unspecified atom stereocenters. The quantitative estimate of drug-likeness (QED) is 0.688. The number of fused-ring (bicyclic) bond motifs is 2. The standard InChI is InChI=1S/C23H28O2S/c1-22(2)18-11-12-19(14-18)23(22,24)16-26-15-17-7-6-10-21(13-17)25-20-8-4-3-5-9-20/h3-10,13,18-19,24H,11-12,14-16H2,1-2H3/t18-,19-,23-/m1/s1. The second-order valence-electron chi connectivity index (χ2n) is 8.41. The van der Waals surface area contributed by atoms with Crippen molar-refractivity contribution in [1.29, 1.82) is 0 Å². The van der Waals surface area contributed by atoms with Crippen LogP contribution in [0.1, 0.15) is 38.7 Å². The summed E-state index contributed by atoms with van der Waals surface area (Å²) in [5.74, 6) is 4.64. The predicted octanol–water partition coefficient (Wildman–Crippen LogP) is 5.90. The molecule has 2 bridgehead atoms. The van der Waals surface area contributed by atoms with Gasteiger partial charge in [0.1, 0.15) is 11.5 Å². The molecule has 2 saturated carbocycles. The zero-order chi connectivity index (χ0) is 18.2. The van der Waals surface area contributed by atoms with E-state index in [1.54, 1.807) is 0 Å². The van der Waals surface area contributed by atoms with E-state index in [0.29, 0.717) is 11.8 Å². The van der Waals surface area contributed by atoms with Crippen LogP contribution in [-0.4, -0.2) is 16.5 Å². The maximum absolute atomic E-state index is 11.4. The summed E-state index contributed by atoms with van der Waals surface area (Å²) < 4.78 is 5.93. The van der Waals surface area contributed by atoms with Gasteiger partial charge in [0.2, 0.25) is 0 Å². The average molecular weight is 369 g/mol. The average Bonchev–Trinajstić information content (AvgIpc) is 3.19. The molecule has 0 heterocycles. The van der Waals surface area contributed by atoms with E-state index in [4.69, 9.17) is 4.74 Å². The lowest BCUT2D eigenvalue weighted by Gasteiger charge is -2.46. The number of hydrogen-bond donors (Lipinski definition) is 1. The van der Waals surface area contributed by atoms with Crippen molar-refractivity contribution in [1.82, 2.24) is 0 Å². The van der Waals surface area contributed by atoms with Gasteiger partial charge in [-0.05, 0) is 66.3 Å². The van der Waals surface area contributed by atoms with Crippen molar-refractivity contribution < 1.29 is 9.84 Å². The first-order valence-electron chi connectivity index (χ1n) is 9.61. The van der Waals surface area contributed by atoms with Gasteiger partial charge in [-0.2, -0.15) is 11.8 Å². The van der Waals surface area contributed by atoms with Gasteiger partial charge < -0.3 is 9.84 Å². The van der Waals surface area contributed by atoms with Crippen LogP contribution in [0.4, 0.5) is 0 Å². The van der Waals surface area contributed by atoms with Crippen molar-refractivity contribution >= 4 is 11.8 Å². The number of thioether (sulfide) groups is 1. The van der Waals surface area contributed by atoms with Gasteiger partial charge in [0.05, 0.1) is 5.60 Å². The van der Waals surface area contributed by atoms with Crippen LogP contribution in [0.25, 0.3) is 0 Å². The van der Waals surface area contributed by atoms with Crippen LogP contribution in [0, 0.1) is 17.3 Å². The fourth-order valence-corrected chi connectivity index (χ4v) is 6.34. The van der Waals surface area contributed by atoms with Crippen LogP contribution in [0.3, 0.4) is 0 Å². The first-order valence-corrected chi connectivity index (χ1v) is 10.8. The van der Waals surface area contributed by atoms with E-state index in [2.05, 4.69) is 26.0 Å². The minimum Gasteiger partial charge on any atom is -0.457 e. The molecule has 3 heteroatoms. The molecule has 2 aliphatic carbocycles. The SMILES string of the molecule is CC1(C)[C@@H]2CC[C@H](C2)[C@]1(O)CSCc1cccc(Oc2ccccc2)c1. The third-order valence-corrected chi connectivity index (χ3v) is 7.89. The van der Waals surface area contributed by atoms with Crippen molar-refractivity contribution in [3.8, 4) is 11.5 Å². The highest BCUT2D eigenvalue weighted by atomic mass is 32.2. The molecule has 4 rings (SSSR count). The summed E-state index contributed by atoms with van der Waals surface area (Å²) in [7, 11) is 0. The Kier molecular flexibility index (Phi) is 4.79. The van der Waals surface area contributed by atoms with Crippen molar-refractivity contribution in [2.45, 2.75) is 44.5 Å². The van der Waals surface area contributed by atoms with Gasteiger partial charge in [0, 0.05) is 11.5 Å². The maximum atomic E-state index is 11.4. The molecule has 2 aromatic rings. The lowest BCUT2D eigenvalue weighted by atomic mass is 9.66. The normalized spacial score (nSPS) is 29.0. The predicted molar refractivity (Wildman–Crippen MR) is 109 cm³/mol. The van der Waals surface area contributed by atoms with Crippen LogP contribution in [0.5, 0.6) is 11.5 Å². The molecule has 0 aromatic heterocycles. The van der Waals surface area contributed by atoms with Crippen molar-refractivity contribution in [3.63, 3.8) is 0 Å². The number of para-hydroxylation sites is 1. The largest absolute Gasteiger partial charge is 0.457 e. The first kappa shape index (κ1) is 17.9. The molecule has 0 saturated heterocycles. The Morgan fingerprint density at radius 1 is 1.00 bits per heavy atom. The summed E-state index contributed by atoms with van der Waals surface area (Å²) in [6.45, 7) is 4.54. The summed E-state index contributed by atoms with van der Waals surface area (Å²) in [6, 6.07) is 18.2. The molecule has 26 heavy (non-hydrogen) atoms. The molecule has 2 nitrogen and oxygen atoms in total. The van der Waals surface area contributed by atoms with Gasteiger partial charge in [0.15, 0.2) is 0 Å². The van der Waals surface area contributed by atoms with E-state index in [1.165, 1.54) is 24.8 Å². The van der Waals surface area contributed by atoms with Crippen LogP contribution in [-0.2, 0) is 5.75 Å². The second-order valence-corrected chi connectivity index (χ2v) is 9.39. The molecule has 2 fully saturated rings. The third-order valence-electron chi connectivity index (χ3n) is 6.71. The zero-order valence-corrected chi connectivity index (χ0v) is 16.5. The maximum Gasteiger partial charge on any atom is 0.127 e. The number of hydrogen-bond acceptors (Lipinski definition) is 3. The fourth-order valence-electron chi connectivity index (χ4n) is 4.90. The summed E-state index contributed by atoms with van der Waals surface area (Å²) in [4.78, 5) is 0. The van der Waals surface area contributed by atoms with Crippen LogP contribution in [0.2, 0.25) is 0 Å². The molecule has 0 aliphatic heterocycles. The van der Waals surface area contributed by atoms with Gasteiger partial charge >= 0.3 is 0 Å². The molecule has 138 valence electrons. The number of rotatable bonds is 6. The number of aliphatic hydroxyl groups is 1. The second kappa shape index (κ2) is 6.94.